The van der Waals surface area contributed by atoms with Crippen LogP contribution in [0.3, 0.4) is 0 Å². The van der Waals surface area contributed by atoms with E-state index in [4.69, 9.17) is 5.11 Å². The van der Waals surface area contributed by atoms with E-state index in [9.17, 15) is 9.18 Å². The Kier molecular flexibility index (Phi) is 4.57. The minimum Gasteiger partial charge on any atom is -0.396 e. The third kappa shape index (κ3) is 3.49. The number of halogens is 1. The second-order valence-electron chi connectivity index (χ2n) is 4.20. The van der Waals surface area contributed by atoms with Gasteiger partial charge in [0.25, 0.3) is 5.91 Å². The number of hydrogen-bond acceptors (Lipinski definition) is 3. The van der Waals surface area contributed by atoms with Gasteiger partial charge in [-0.05, 0) is 25.8 Å². The molecule has 0 bridgehead atoms. The van der Waals surface area contributed by atoms with Gasteiger partial charge in [-0.15, -0.1) is 0 Å². The first-order valence-corrected chi connectivity index (χ1v) is 5.55. The number of aliphatic hydroxyl groups excluding tert-OH is 1. The first-order valence-electron chi connectivity index (χ1n) is 5.55. The van der Waals surface area contributed by atoms with E-state index in [0.717, 1.165) is 6.20 Å². The lowest BCUT2D eigenvalue weighted by Crippen LogP contribution is -2.46. The Balaban J connectivity index is 2.82. The predicted molar refractivity (Wildman–Crippen MR) is 62.1 cm³/mol. The van der Waals surface area contributed by atoms with Gasteiger partial charge in [0.2, 0.25) is 0 Å². The lowest BCUT2D eigenvalue weighted by molar-refractivity contribution is 0.0882. The van der Waals surface area contributed by atoms with Crippen molar-refractivity contribution in [2.75, 3.05) is 6.61 Å². The van der Waals surface area contributed by atoms with Crippen LogP contribution in [0.15, 0.2) is 18.5 Å². The Morgan fingerprint density at radius 2 is 2.35 bits per heavy atom. The van der Waals surface area contributed by atoms with Gasteiger partial charge >= 0.3 is 0 Å². The van der Waals surface area contributed by atoms with Gasteiger partial charge in [0.05, 0.1) is 11.8 Å². The molecule has 4 nitrogen and oxygen atoms in total. The van der Waals surface area contributed by atoms with Gasteiger partial charge in [0.1, 0.15) is 0 Å². The number of hydrogen-bond donors (Lipinski definition) is 2. The normalized spacial score (nSPS) is 14.1. The number of nitrogens with one attached hydrogen (secondary N) is 1. The number of rotatable bonds is 5. The van der Waals surface area contributed by atoms with Gasteiger partial charge in [-0.3, -0.25) is 9.78 Å². The molecule has 0 spiro atoms. The Morgan fingerprint density at radius 1 is 1.65 bits per heavy atom. The summed E-state index contributed by atoms with van der Waals surface area (Å²) in [6.45, 7) is 3.70. The van der Waals surface area contributed by atoms with Crippen molar-refractivity contribution >= 4 is 5.91 Å². The maximum absolute atomic E-state index is 13.3. The number of carbonyl (C=O) groups is 1. The molecular formula is C12H17FN2O2. The predicted octanol–water partition coefficient (Wildman–Crippen LogP) is 1.50. The van der Waals surface area contributed by atoms with Crippen molar-refractivity contribution in [2.24, 2.45) is 0 Å². The lowest BCUT2D eigenvalue weighted by atomic mass is 9.94. The summed E-state index contributed by atoms with van der Waals surface area (Å²) in [7, 11) is 0. The molecule has 0 aliphatic heterocycles. The Morgan fingerprint density at radius 3 is 2.88 bits per heavy atom. The summed E-state index contributed by atoms with van der Waals surface area (Å²) < 4.78 is 13.3. The molecule has 0 saturated heterocycles. The fraction of sp³-hybridized carbons (Fsp3) is 0.500. The van der Waals surface area contributed by atoms with E-state index in [1.54, 1.807) is 0 Å². The fourth-order valence-electron chi connectivity index (χ4n) is 1.48. The minimum absolute atomic E-state index is 0.0244. The van der Waals surface area contributed by atoms with Crippen LogP contribution in [-0.2, 0) is 0 Å². The van der Waals surface area contributed by atoms with Gasteiger partial charge in [0.15, 0.2) is 5.82 Å². The fourth-order valence-corrected chi connectivity index (χ4v) is 1.48. The molecule has 17 heavy (non-hydrogen) atoms. The van der Waals surface area contributed by atoms with Crippen molar-refractivity contribution in [1.29, 1.82) is 0 Å². The number of pyridine rings is 1. The van der Waals surface area contributed by atoms with E-state index in [2.05, 4.69) is 10.3 Å². The summed E-state index contributed by atoms with van der Waals surface area (Å²) in [6, 6.07) is 1.33. The first-order chi connectivity index (χ1) is 8.02. The van der Waals surface area contributed by atoms with Crippen LogP contribution in [0.5, 0.6) is 0 Å². The Hall–Kier alpha value is -1.49. The van der Waals surface area contributed by atoms with Gasteiger partial charge in [0, 0.05) is 18.3 Å². The zero-order chi connectivity index (χ0) is 12.9. The number of aromatic nitrogens is 1. The van der Waals surface area contributed by atoms with E-state index in [0.29, 0.717) is 12.8 Å². The summed E-state index contributed by atoms with van der Waals surface area (Å²) in [5.41, 5.74) is -0.556. The first kappa shape index (κ1) is 13.6. The zero-order valence-corrected chi connectivity index (χ0v) is 10.0. The van der Waals surface area contributed by atoms with E-state index < -0.39 is 17.3 Å². The average Bonchev–Trinajstić information content (AvgIpc) is 2.29. The number of nitrogens with zero attached hydrogens (tertiary/aromatic N) is 1. The highest BCUT2D eigenvalue weighted by molar-refractivity contribution is 5.94. The zero-order valence-electron chi connectivity index (χ0n) is 10.0. The number of aliphatic hydroxyl groups is 1. The molecule has 2 N–H and O–H groups in total. The van der Waals surface area contributed by atoms with Crippen LogP contribution in [0, 0.1) is 5.82 Å². The van der Waals surface area contributed by atoms with Crippen LogP contribution in [-0.4, -0.2) is 28.1 Å². The van der Waals surface area contributed by atoms with E-state index in [-0.39, 0.29) is 12.2 Å². The molecule has 1 aromatic heterocycles. The highest BCUT2D eigenvalue weighted by atomic mass is 19.1. The van der Waals surface area contributed by atoms with Crippen molar-refractivity contribution in [2.45, 2.75) is 32.2 Å². The molecule has 94 valence electrons. The Bertz CT molecular complexity index is 398. The molecule has 1 unspecified atom stereocenters. The van der Waals surface area contributed by atoms with Crippen LogP contribution in [0.2, 0.25) is 0 Å². The molecule has 1 amide bonds. The maximum atomic E-state index is 13.3. The topological polar surface area (TPSA) is 62.2 Å². The summed E-state index contributed by atoms with van der Waals surface area (Å²) in [6.07, 6.45) is 3.46. The third-order valence-electron chi connectivity index (χ3n) is 2.88. The van der Waals surface area contributed by atoms with Crippen molar-refractivity contribution in [3.63, 3.8) is 0 Å². The summed E-state index contributed by atoms with van der Waals surface area (Å²) in [4.78, 5) is 15.4. The smallest absolute Gasteiger partial charge is 0.254 e. The van der Waals surface area contributed by atoms with Crippen molar-refractivity contribution in [3.05, 3.63) is 29.8 Å². The van der Waals surface area contributed by atoms with Crippen molar-refractivity contribution < 1.29 is 14.3 Å². The molecule has 1 aromatic rings. The second-order valence-corrected chi connectivity index (χ2v) is 4.20. The van der Waals surface area contributed by atoms with Gasteiger partial charge < -0.3 is 10.4 Å². The highest BCUT2D eigenvalue weighted by Gasteiger charge is 2.25. The lowest BCUT2D eigenvalue weighted by Gasteiger charge is -2.29. The molecule has 1 heterocycles. The SMILES string of the molecule is CCC(C)(CCO)NC(=O)c1ccncc1F. The maximum Gasteiger partial charge on any atom is 0.254 e. The minimum atomic E-state index is -0.646. The average molecular weight is 240 g/mol. The van der Waals surface area contributed by atoms with Gasteiger partial charge in [-0.2, -0.15) is 0 Å². The molecule has 0 saturated carbocycles. The van der Waals surface area contributed by atoms with Crippen LogP contribution in [0.1, 0.15) is 37.0 Å². The highest BCUT2D eigenvalue weighted by Crippen LogP contribution is 2.15. The largest absolute Gasteiger partial charge is 0.396 e. The molecule has 1 atom stereocenters. The number of carbonyl (C=O) groups excluding carboxylic acids is 1. The molecule has 0 aromatic carbocycles. The van der Waals surface area contributed by atoms with Gasteiger partial charge in [-0.1, -0.05) is 6.92 Å². The molecule has 0 fully saturated rings. The van der Waals surface area contributed by atoms with E-state index >= 15 is 0 Å². The van der Waals surface area contributed by atoms with E-state index in [1.165, 1.54) is 12.3 Å². The Labute approximate surface area is 99.9 Å². The number of amides is 1. The molecule has 5 heteroatoms. The van der Waals surface area contributed by atoms with Gasteiger partial charge in [-0.25, -0.2) is 4.39 Å². The standard InChI is InChI=1S/C12H17FN2O2/c1-3-12(2,5-7-16)15-11(17)9-4-6-14-8-10(9)13/h4,6,8,16H,3,5,7H2,1-2H3,(H,15,17). The van der Waals surface area contributed by atoms with Crippen molar-refractivity contribution in [3.8, 4) is 0 Å². The summed E-state index contributed by atoms with van der Waals surface area (Å²) in [5.74, 6) is -1.13. The summed E-state index contributed by atoms with van der Waals surface area (Å²) >= 11 is 0. The quantitative estimate of drug-likeness (QED) is 0.820. The molecule has 0 radical (unpaired) electrons. The van der Waals surface area contributed by atoms with Crippen LogP contribution in [0.25, 0.3) is 0 Å². The monoisotopic (exact) mass is 240 g/mol. The summed E-state index contributed by atoms with van der Waals surface area (Å²) in [5, 5.41) is 11.7. The molecular weight excluding hydrogens is 223 g/mol. The van der Waals surface area contributed by atoms with E-state index in [1.807, 2.05) is 13.8 Å². The van der Waals surface area contributed by atoms with Crippen LogP contribution in [0.4, 0.5) is 4.39 Å². The molecule has 0 aliphatic rings. The van der Waals surface area contributed by atoms with Crippen molar-refractivity contribution in [1.82, 2.24) is 10.3 Å². The second kappa shape index (κ2) is 5.72. The molecule has 0 aliphatic carbocycles. The third-order valence-corrected chi connectivity index (χ3v) is 2.88. The molecule has 1 rings (SSSR count). The van der Waals surface area contributed by atoms with Crippen LogP contribution >= 0.6 is 0 Å². The van der Waals surface area contributed by atoms with Crippen LogP contribution < -0.4 is 5.32 Å².